The number of esters is 1. The molecule has 25 heavy (non-hydrogen) atoms. The van der Waals surface area contributed by atoms with Crippen LogP contribution in [0.4, 0.5) is 18.9 Å². The van der Waals surface area contributed by atoms with Gasteiger partial charge in [0.05, 0.1) is 16.8 Å². The van der Waals surface area contributed by atoms with Crippen molar-refractivity contribution < 1.29 is 27.5 Å². The minimum absolute atomic E-state index is 0.309. The molecule has 7 heteroatoms. The largest absolute Gasteiger partial charge is 0.452 e. The van der Waals surface area contributed by atoms with Crippen molar-refractivity contribution in [3.63, 3.8) is 0 Å². The molecule has 0 bridgehead atoms. The molecular weight excluding hydrogens is 335 g/mol. The molecule has 0 aliphatic heterocycles. The summed E-state index contributed by atoms with van der Waals surface area (Å²) in [5.74, 6) is -1.56. The van der Waals surface area contributed by atoms with Crippen LogP contribution in [-0.4, -0.2) is 18.5 Å². The van der Waals surface area contributed by atoms with Crippen LogP contribution >= 0.6 is 0 Å². The summed E-state index contributed by atoms with van der Waals surface area (Å²) in [6.07, 6.45) is -4.60. The van der Waals surface area contributed by atoms with E-state index in [2.05, 4.69) is 5.32 Å². The van der Waals surface area contributed by atoms with Crippen molar-refractivity contribution in [1.82, 2.24) is 0 Å². The minimum atomic E-state index is -4.60. The Bertz CT molecular complexity index is 800. The Kier molecular flexibility index (Phi) is 5.46. The van der Waals surface area contributed by atoms with E-state index >= 15 is 0 Å². The van der Waals surface area contributed by atoms with Crippen molar-refractivity contribution in [3.8, 4) is 0 Å². The monoisotopic (exact) mass is 351 g/mol. The Hall–Kier alpha value is -2.83. The summed E-state index contributed by atoms with van der Waals surface area (Å²) < 4.78 is 43.5. The number of anilines is 1. The molecule has 132 valence electrons. The zero-order valence-corrected chi connectivity index (χ0v) is 13.6. The molecule has 0 saturated carbocycles. The summed E-state index contributed by atoms with van der Waals surface area (Å²) in [6.45, 7) is 2.84. The first kappa shape index (κ1) is 18.5. The van der Waals surface area contributed by atoms with Crippen LogP contribution in [0.2, 0.25) is 0 Å². The van der Waals surface area contributed by atoms with E-state index in [0.29, 0.717) is 11.1 Å². The van der Waals surface area contributed by atoms with Crippen molar-refractivity contribution in [2.75, 3.05) is 11.9 Å². The van der Waals surface area contributed by atoms with Gasteiger partial charge in [0, 0.05) is 0 Å². The van der Waals surface area contributed by atoms with Crippen LogP contribution in [0.5, 0.6) is 0 Å². The maximum absolute atomic E-state index is 12.9. The lowest BCUT2D eigenvalue weighted by atomic mass is 10.1. The van der Waals surface area contributed by atoms with Gasteiger partial charge in [-0.25, -0.2) is 4.79 Å². The summed E-state index contributed by atoms with van der Waals surface area (Å²) in [5.41, 5.74) is 0.481. The van der Waals surface area contributed by atoms with Crippen LogP contribution in [-0.2, 0) is 15.7 Å². The number of ether oxygens (including phenoxy) is 1. The molecule has 0 saturated heterocycles. The van der Waals surface area contributed by atoms with Crippen LogP contribution in [0.1, 0.15) is 27.0 Å². The van der Waals surface area contributed by atoms with Gasteiger partial charge in [-0.2, -0.15) is 13.2 Å². The number of carbonyl (C=O) groups excluding carboxylic acids is 2. The fourth-order valence-electron chi connectivity index (χ4n) is 2.19. The first-order valence-electron chi connectivity index (χ1n) is 7.39. The lowest BCUT2D eigenvalue weighted by Crippen LogP contribution is -2.23. The van der Waals surface area contributed by atoms with Crippen molar-refractivity contribution in [1.29, 1.82) is 0 Å². The smallest absolute Gasteiger partial charge is 0.418 e. The molecule has 0 aliphatic carbocycles. The maximum Gasteiger partial charge on any atom is 0.418 e. The Labute approximate surface area is 142 Å². The summed E-state index contributed by atoms with van der Waals surface area (Å²) in [6, 6.07) is 9.77. The van der Waals surface area contributed by atoms with E-state index in [-0.39, 0.29) is 5.69 Å². The van der Waals surface area contributed by atoms with E-state index in [4.69, 9.17) is 4.74 Å². The van der Waals surface area contributed by atoms with Crippen molar-refractivity contribution in [3.05, 3.63) is 64.7 Å². The lowest BCUT2D eigenvalue weighted by Gasteiger charge is -2.13. The Morgan fingerprint density at radius 3 is 2.44 bits per heavy atom. The number of rotatable bonds is 4. The molecule has 1 amide bonds. The van der Waals surface area contributed by atoms with Crippen LogP contribution < -0.4 is 5.32 Å². The molecule has 2 aromatic carbocycles. The van der Waals surface area contributed by atoms with E-state index in [1.807, 2.05) is 6.07 Å². The van der Waals surface area contributed by atoms with E-state index in [0.717, 1.165) is 17.7 Å². The number of amides is 1. The highest BCUT2D eigenvalue weighted by atomic mass is 19.4. The highest BCUT2D eigenvalue weighted by Gasteiger charge is 2.33. The second-order valence-corrected chi connectivity index (χ2v) is 5.49. The number of benzene rings is 2. The Balaban J connectivity index is 2.02. The number of para-hydroxylation sites is 1. The number of aryl methyl sites for hydroxylation is 2. The SMILES string of the molecule is Cc1ccc(C)c(C(=O)OCC(=O)Nc2ccccc2C(F)(F)F)c1. The van der Waals surface area contributed by atoms with Gasteiger partial charge in [0.25, 0.3) is 5.91 Å². The van der Waals surface area contributed by atoms with Crippen LogP contribution in [0.15, 0.2) is 42.5 Å². The highest BCUT2D eigenvalue weighted by Crippen LogP contribution is 2.34. The van der Waals surface area contributed by atoms with Gasteiger partial charge in [-0.15, -0.1) is 0 Å². The molecular formula is C18H16F3NO3. The van der Waals surface area contributed by atoms with E-state index in [9.17, 15) is 22.8 Å². The summed E-state index contributed by atoms with van der Waals surface area (Å²) in [7, 11) is 0. The second-order valence-electron chi connectivity index (χ2n) is 5.49. The van der Waals surface area contributed by atoms with Gasteiger partial charge in [-0.1, -0.05) is 29.8 Å². The number of hydrogen-bond acceptors (Lipinski definition) is 3. The zero-order chi connectivity index (χ0) is 18.6. The zero-order valence-electron chi connectivity index (χ0n) is 13.6. The van der Waals surface area contributed by atoms with Gasteiger partial charge in [-0.3, -0.25) is 4.79 Å². The molecule has 0 radical (unpaired) electrons. The number of nitrogens with one attached hydrogen (secondary N) is 1. The molecule has 0 fully saturated rings. The molecule has 2 rings (SSSR count). The van der Waals surface area contributed by atoms with Gasteiger partial charge in [0.2, 0.25) is 0 Å². The van der Waals surface area contributed by atoms with E-state index in [1.54, 1.807) is 26.0 Å². The minimum Gasteiger partial charge on any atom is -0.452 e. The van der Waals surface area contributed by atoms with Gasteiger partial charge in [-0.05, 0) is 37.6 Å². The predicted molar refractivity (Wildman–Crippen MR) is 86.3 cm³/mol. The maximum atomic E-state index is 12.9. The molecule has 0 heterocycles. The first-order chi connectivity index (χ1) is 11.7. The second kappa shape index (κ2) is 7.38. The summed E-state index contributed by atoms with van der Waals surface area (Å²) in [4.78, 5) is 23.8. The van der Waals surface area contributed by atoms with Crippen molar-refractivity contribution >= 4 is 17.6 Å². The number of halogens is 3. The van der Waals surface area contributed by atoms with Crippen molar-refractivity contribution in [2.45, 2.75) is 20.0 Å². The standard InChI is InChI=1S/C18H16F3NO3/c1-11-7-8-12(2)13(9-11)17(24)25-10-16(23)22-15-6-4-3-5-14(15)18(19,20)21/h3-9H,10H2,1-2H3,(H,22,23). The fourth-order valence-corrected chi connectivity index (χ4v) is 2.19. The van der Waals surface area contributed by atoms with E-state index < -0.39 is 30.2 Å². The molecule has 0 aliphatic rings. The average molecular weight is 351 g/mol. The number of alkyl halides is 3. The molecule has 0 unspecified atom stereocenters. The van der Waals surface area contributed by atoms with Gasteiger partial charge in [0.15, 0.2) is 6.61 Å². The molecule has 4 nitrogen and oxygen atoms in total. The van der Waals surface area contributed by atoms with Gasteiger partial charge < -0.3 is 10.1 Å². The molecule has 1 N–H and O–H groups in total. The third-order valence-corrected chi connectivity index (χ3v) is 3.45. The van der Waals surface area contributed by atoms with Crippen molar-refractivity contribution in [2.24, 2.45) is 0 Å². The summed E-state index contributed by atoms with van der Waals surface area (Å²) >= 11 is 0. The molecule has 2 aromatic rings. The predicted octanol–water partition coefficient (Wildman–Crippen LogP) is 4.12. The van der Waals surface area contributed by atoms with Crippen LogP contribution in [0.25, 0.3) is 0 Å². The molecule has 0 aromatic heterocycles. The highest BCUT2D eigenvalue weighted by molar-refractivity contribution is 5.96. The molecule has 0 atom stereocenters. The van der Waals surface area contributed by atoms with Crippen LogP contribution in [0.3, 0.4) is 0 Å². The van der Waals surface area contributed by atoms with Gasteiger partial charge >= 0.3 is 12.1 Å². The molecule has 0 spiro atoms. The third kappa shape index (κ3) is 4.82. The number of carbonyl (C=O) groups is 2. The van der Waals surface area contributed by atoms with Gasteiger partial charge in [0.1, 0.15) is 0 Å². The Morgan fingerprint density at radius 2 is 1.76 bits per heavy atom. The summed E-state index contributed by atoms with van der Waals surface area (Å²) in [5, 5.41) is 2.11. The average Bonchev–Trinajstić information content (AvgIpc) is 2.54. The third-order valence-electron chi connectivity index (χ3n) is 3.45. The topological polar surface area (TPSA) is 55.4 Å². The first-order valence-corrected chi connectivity index (χ1v) is 7.39. The van der Waals surface area contributed by atoms with Crippen LogP contribution in [0, 0.1) is 13.8 Å². The quantitative estimate of drug-likeness (QED) is 0.843. The Morgan fingerprint density at radius 1 is 1.08 bits per heavy atom. The van der Waals surface area contributed by atoms with E-state index in [1.165, 1.54) is 12.1 Å². The fraction of sp³-hybridized carbons (Fsp3) is 0.222. The number of hydrogen-bond donors (Lipinski definition) is 1. The normalized spacial score (nSPS) is 11.1. The lowest BCUT2D eigenvalue weighted by molar-refractivity contribution is -0.137.